The summed E-state index contributed by atoms with van der Waals surface area (Å²) in [6.07, 6.45) is 1.44. The van der Waals surface area contributed by atoms with Crippen molar-refractivity contribution in [3.8, 4) is 11.5 Å². The predicted octanol–water partition coefficient (Wildman–Crippen LogP) is 1.60. The molecule has 1 aromatic rings. The first-order valence-electron chi connectivity index (χ1n) is 8.84. The maximum Gasteiger partial charge on any atom is 0.309 e. The topological polar surface area (TPSA) is 79.3 Å². The van der Waals surface area contributed by atoms with Gasteiger partial charge in [0.15, 0.2) is 11.5 Å². The molecule has 0 saturated carbocycles. The Morgan fingerprint density at radius 3 is 2.54 bits per heavy atom. The van der Waals surface area contributed by atoms with Crippen LogP contribution in [0.15, 0.2) is 18.2 Å². The van der Waals surface area contributed by atoms with Gasteiger partial charge < -0.3 is 19.5 Å². The number of likely N-dealkylation sites (tertiary alicyclic amines) is 2. The molecule has 7 nitrogen and oxygen atoms in total. The third kappa shape index (κ3) is 3.00. The summed E-state index contributed by atoms with van der Waals surface area (Å²) >= 11 is 0. The van der Waals surface area contributed by atoms with Gasteiger partial charge in [-0.15, -0.1) is 0 Å². The number of carboxylic acids is 1. The Hall–Kier alpha value is -2.28. The van der Waals surface area contributed by atoms with E-state index in [4.69, 9.17) is 9.47 Å². The van der Waals surface area contributed by atoms with Gasteiger partial charge in [-0.05, 0) is 18.9 Å². The summed E-state index contributed by atoms with van der Waals surface area (Å²) in [5, 5.41) is 9.57. The minimum absolute atomic E-state index is 0.0692. The Kier molecular flexibility index (Phi) is 5.09. The number of hydrogen-bond donors (Lipinski definition) is 1. The van der Waals surface area contributed by atoms with E-state index in [9.17, 15) is 14.7 Å². The number of nitrogens with zero attached hydrogens (tertiary/aromatic N) is 2. The molecule has 1 spiro atoms. The zero-order valence-corrected chi connectivity index (χ0v) is 15.5. The lowest BCUT2D eigenvalue weighted by Crippen LogP contribution is -2.55. The molecular weight excluding hydrogens is 336 g/mol. The summed E-state index contributed by atoms with van der Waals surface area (Å²) in [6, 6.07) is 5.81. The number of carboxylic acid groups (broad SMARTS) is 1. The SMILES string of the molecule is COc1cccc(CN2CCC3(CC2)[C@H](C(=O)O)CC(=O)N3C)c1OC. The number of amides is 1. The van der Waals surface area contributed by atoms with Gasteiger partial charge in [-0.3, -0.25) is 14.5 Å². The lowest BCUT2D eigenvalue weighted by Gasteiger charge is -2.45. The molecule has 2 fully saturated rings. The number of hydrogen-bond acceptors (Lipinski definition) is 5. The fourth-order valence-electron chi connectivity index (χ4n) is 4.40. The van der Waals surface area contributed by atoms with Crippen molar-refractivity contribution in [3.63, 3.8) is 0 Å². The molecule has 0 aliphatic carbocycles. The molecule has 0 unspecified atom stereocenters. The van der Waals surface area contributed by atoms with Crippen LogP contribution in [0.2, 0.25) is 0 Å². The van der Waals surface area contributed by atoms with Crippen LogP contribution in [0, 0.1) is 5.92 Å². The molecule has 142 valence electrons. The number of benzene rings is 1. The molecule has 2 saturated heterocycles. The molecule has 0 bridgehead atoms. The Balaban J connectivity index is 1.73. The molecule has 2 aliphatic heterocycles. The van der Waals surface area contributed by atoms with Crippen LogP contribution < -0.4 is 9.47 Å². The molecule has 26 heavy (non-hydrogen) atoms. The minimum Gasteiger partial charge on any atom is -0.493 e. The van der Waals surface area contributed by atoms with Crippen molar-refractivity contribution in [3.05, 3.63) is 23.8 Å². The van der Waals surface area contributed by atoms with Crippen molar-refractivity contribution < 1.29 is 24.2 Å². The summed E-state index contributed by atoms with van der Waals surface area (Å²) < 4.78 is 10.9. The quantitative estimate of drug-likeness (QED) is 0.857. The normalized spacial score (nSPS) is 22.7. The summed E-state index contributed by atoms with van der Waals surface area (Å²) in [4.78, 5) is 27.7. The van der Waals surface area contributed by atoms with Gasteiger partial charge in [-0.1, -0.05) is 12.1 Å². The van der Waals surface area contributed by atoms with Crippen LogP contribution in [0.3, 0.4) is 0 Å². The maximum absolute atomic E-state index is 12.1. The second kappa shape index (κ2) is 7.15. The number of para-hydroxylation sites is 1. The fraction of sp³-hybridized carbons (Fsp3) is 0.579. The van der Waals surface area contributed by atoms with Gasteiger partial charge in [0.25, 0.3) is 0 Å². The van der Waals surface area contributed by atoms with Crippen LogP contribution in [0.5, 0.6) is 11.5 Å². The van der Waals surface area contributed by atoms with E-state index in [-0.39, 0.29) is 12.3 Å². The van der Waals surface area contributed by atoms with E-state index < -0.39 is 17.4 Å². The standard InChI is InChI=1S/C19H26N2O5/c1-20-16(22)11-14(18(23)24)19(20)7-9-21(10-8-19)12-13-5-4-6-15(25-2)17(13)26-3/h4-6,14H,7-12H2,1-3H3,(H,23,24)/t14-/m0/s1. The lowest BCUT2D eigenvalue weighted by atomic mass is 9.77. The van der Waals surface area contributed by atoms with Crippen LogP contribution in [0.25, 0.3) is 0 Å². The average molecular weight is 362 g/mol. The Morgan fingerprint density at radius 1 is 1.27 bits per heavy atom. The average Bonchev–Trinajstić information content (AvgIpc) is 2.88. The fourth-order valence-corrected chi connectivity index (χ4v) is 4.40. The predicted molar refractivity (Wildman–Crippen MR) is 95.3 cm³/mol. The van der Waals surface area contributed by atoms with Crippen LogP contribution in [0.4, 0.5) is 0 Å². The van der Waals surface area contributed by atoms with E-state index in [1.54, 1.807) is 26.2 Å². The molecule has 3 rings (SSSR count). The highest BCUT2D eigenvalue weighted by Gasteiger charge is 2.55. The van der Waals surface area contributed by atoms with E-state index in [1.165, 1.54) is 0 Å². The number of rotatable bonds is 5. The van der Waals surface area contributed by atoms with E-state index in [0.717, 1.165) is 24.4 Å². The number of carbonyl (C=O) groups is 2. The highest BCUT2D eigenvalue weighted by molar-refractivity contribution is 5.88. The van der Waals surface area contributed by atoms with E-state index >= 15 is 0 Å². The van der Waals surface area contributed by atoms with Crippen LogP contribution in [-0.4, -0.2) is 66.7 Å². The van der Waals surface area contributed by atoms with E-state index in [2.05, 4.69) is 4.90 Å². The molecule has 1 atom stereocenters. The number of methoxy groups -OCH3 is 2. The smallest absolute Gasteiger partial charge is 0.309 e. The highest BCUT2D eigenvalue weighted by atomic mass is 16.5. The Morgan fingerprint density at radius 2 is 1.96 bits per heavy atom. The van der Waals surface area contributed by atoms with Gasteiger partial charge in [0.2, 0.25) is 5.91 Å². The third-order valence-corrected chi connectivity index (χ3v) is 5.97. The molecule has 1 N–H and O–H groups in total. The summed E-state index contributed by atoms with van der Waals surface area (Å²) in [5.41, 5.74) is 0.478. The van der Waals surface area contributed by atoms with Crippen molar-refractivity contribution in [2.24, 2.45) is 5.92 Å². The number of ether oxygens (including phenoxy) is 2. The number of aliphatic carboxylic acids is 1. The van der Waals surface area contributed by atoms with E-state index in [0.29, 0.717) is 25.1 Å². The third-order valence-electron chi connectivity index (χ3n) is 5.97. The van der Waals surface area contributed by atoms with Gasteiger partial charge in [0.1, 0.15) is 0 Å². The largest absolute Gasteiger partial charge is 0.493 e. The number of piperidine rings is 1. The Labute approximate surface area is 153 Å². The van der Waals surface area contributed by atoms with Crippen LogP contribution in [-0.2, 0) is 16.1 Å². The molecular formula is C19H26N2O5. The molecule has 2 aliphatic rings. The summed E-state index contributed by atoms with van der Waals surface area (Å²) in [6.45, 7) is 2.18. The van der Waals surface area contributed by atoms with Crippen LogP contribution >= 0.6 is 0 Å². The number of carbonyl (C=O) groups excluding carboxylic acids is 1. The van der Waals surface area contributed by atoms with Crippen LogP contribution in [0.1, 0.15) is 24.8 Å². The monoisotopic (exact) mass is 362 g/mol. The molecule has 1 amide bonds. The first-order chi connectivity index (χ1) is 12.4. The second-order valence-electron chi connectivity index (χ2n) is 7.08. The maximum atomic E-state index is 12.1. The van der Waals surface area contributed by atoms with Gasteiger partial charge >= 0.3 is 5.97 Å². The van der Waals surface area contributed by atoms with Crippen molar-refractivity contribution >= 4 is 11.9 Å². The van der Waals surface area contributed by atoms with Gasteiger partial charge in [0, 0.05) is 38.7 Å². The first kappa shape index (κ1) is 18.5. The van der Waals surface area contributed by atoms with Gasteiger partial charge in [0.05, 0.1) is 25.7 Å². The molecule has 1 aromatic carbocycles. The minimum atomic E-state index is -0.870. The summed E-state index contributed by atoms with van der Waals surface area (Å²) in [7, 11) is 4.99. The highest BCUT2D eigenvalue weighted by Crippen LogP contribution is 2.43. The molecule has 0 aromatic heterocycles. The molecule has 2 heterocycles. The zero-order chi connectivity index (χ0) is 18.9. The second-order valence-corrected chi connectivity index (χ2v) is 7.08. The Bertz CT molecular complexity index is 697. The van der Waals surface area contributed by atoms with Crippen molar-refractivity contribution in [2.45, 2.75) is 31.3 Å². The van der Waals surface area contributed by atoms with Crippen molar-refractivity contribution in [1.29, 1.82) is 0 Å². The van der Waals surface area contributed by atoms with Crippen molar-refractivity contribution in [2.75, 3.05) is 34.4 Å². The lowest BCUT2D eigenvalue weighted by molar-refractivity contribution is -0.146. The molecule has 0 radical (unpaired) electrons. The first-order valence-corrected chi connectivity index (χ1v) is 8.84. The zero-order valence-electron chi connectivity index (χ0n) is 15.5. The summed E-state index contributed by atoms with van der Waals surface area (Å²) in [5.74, 6) is -0.128. The van der Waals surface area contributed by atoms with Gasteiger partial charge in [-0.2, -0.15) is 0 Å². The van der Waals surface area contributed by atoms with Crippen molar-refractivity contribution in [1.82, 2.24) is 9.80 Å². The van der Waals surface area contributed by atoms with Gasteiger partial charge in [-0.25, -0.2) is 0 Å². The van der Waals surface area contributed by atoms with E-state index in [1.807, 2.05) is 18.2 Å². The molecule has 7 heteroatoms.